The van der Waals surface area contributed by atoms with Crippen LogP contribution in [0, 0.1) is 5.82 Å². The van der Waals surface area contributed by atoms with Crippen molar-refractivity contribution in [2.45, 2.75) is 69.9 Å². The summed E-state index contributed by atoms with van der Waals surface area (Å²) >= 11 is 0. The Morgan fingerprint density at radius 3 is 2.07 bits per heavy atom. The molecule has 1 saturated carbocycles. The summed E-state index contributed by atoms with van der Waals surface area (Å²) < 4.78 is 53.8. The predicted molar refractivity (Wildman–Crippen MR) is 101 cm³/mol. The zero-order chi connectivity index (χ0) is 22.5. The number of ketones is 1. The van der Waals surface area contributed by atoms with Crippen LogP contribution < -0.4 is 16.0 Å². The third kappa shape index (κ3) is 6.51. The minimum absolute atomic E-state index is 0.00148. The van der Waals surface area contributed by atoms with Crippen LogP contribution in [0.3, 0.4) is 0 Å². The van der Waals surface area contributed by atoms with Gasteiger partial charge < -0.3 is 10.6 Å². The number of carbonyl (C=O) groups excluding carboxylic acids is 3. The number of alkyl halides is 3. The Balaban J connectivity index is 2.09. The molecule has 3 unspecified atom stereocenters. The Bertz CT molecular complexity index is 764. The zero-order valence-electron chi connectivity index (χ0n) is 16.7. The largest absolute Gasteiger partial charge is 0.407 e. The second kappa shape index (κ2) is 10.0. The van der Waals surface area contributed by atoms with Crippen molar-refractivity contribution in [2.24, 2.45) is 0 Å². The van der Waals surface area contributed by atoms with Crippen molar-refractivity contribution >= 4 is 17.6 Å². The second-order valence-electron chi connectivity index (χ2n) is 7.24. The molecule has 3 N–H and O–H groups in total. The van der Waals surface area contributed by atoms with E-state index in [9.17, 15) is 31.9 Å². The number of nitrogens with one attached hydrogen (secondary N) is 3. The number of hydrogen-bond donors (Lipinski definition) is 3. The van der Waals surface area contributed by atoms with Crippen molar-refractivity contribution in [1.29, 1.82) is 0 Å². The van der Waals surface area contributed by atoms with Crippen molar-refractivity contribution < 1.29 is 31.9 Å². The van der Waals surface area contributed by atoms with Crippen LogP contribution in [-0.4, -0.2) is 41.9 Å². The monoisotopic (exact) mass is 431 g/mol. The first-order chi connectivity index (χ1) is 14.1. The van der Waals surface area contributed by atoms with Crippen LogP contribution in [0.2, 0.25) is 0 Å². The first-order valence-electron chi connectivity index (χ1n) is 9.80. The molecule has 1 aromatic carbocycles. The fourth-order valence-corrected chi connectivity index (χ4v) is 2.88. The summed E-state index contributed by atoms with van der Waals surface area (Å²) in [5.41, 5.74) is -0.248. The lowest BCUT2D eigenvalue weighted by molar-refractivity contribution is -0.161. The summed E-state index contributed by atoms with van der Waals surface area (Å²) in [5.74, 6) is -3.16. The average Bonchev–Trinajstić information content (AvgIpc) is 3.50. The van der Waals surface area contributed by atoms with Gasteiger partial charge in [-0.15, -0.1) is 0 Å². The van der Waals surface area contributed by atoms with Gasteiger partial charge in [0.2, 0.25) is 11.7 Å². The van der Waals surface area contributed by atoms with Gasteiger partial charge in [0.1, 0.15) is 11.9 Å². The predicted octanol–water partition coefficient (Wildman–Crippen LogP) is 2.54. The first-order valence-corrected chi connectivity index (χ1v) is 9.80. The number of carbonyl (C=O) groups is 3. The lowest BCUT2D eigenvalue weighted by Crippen LogP contribution is -2.54. The Kier molecular flexibility index (Phi) is 7.94. The highest BCUT2D eigenvalue weighted by Gasteiger charge is 2.43. The molecule has 166 valence electrons. The minimum Gasteiger partial charge on any atom is -0.347 e. The Hall–Kier alpha value is -2.49. The minimum atomic E-state index is -4.74. The maximum absolute atomic E-state index is 13.6. The normalized spacial score (nSPS) is 17.0. The smallest absolute Gasteiger partial charge is 0.347 e. The topological polar surface area (TPSA) is 87.3 Å². The summed E-state index contributed by atoms with van der Waals surface area (Å²) in [4.78, 5) is 36.8. The molecule has 2 rings (SSSR count). The summed E-state index contributed by atoms with van der Waals surface area (Å²) in [6.45, 7) is 3.09. The van der Waals surface area contributed by atoms with Crippen molar-refractivity contribution in [1.82, 2.24) is 16.0 Å². The van der Waals surface area contributed by atoms with Crippen LogP contribution >= 0.6 is 0 Å². The molecule has 6 nitrogen and oxygen atoms in total. The van der Waals surface area contributed by atoms with E-state index >= 15 is 0 Å². The highest BCUT2D eigenvalue weighted by molar-refractivity contribution is 6.38. The third-order valence-electron chi connectivity index (χ3n) is 4.80. The molecule has 1 fully saturated rings. The van der Waals surface area contributed by atoms with E-state index in [4.69, 9.17) is 0 Å². The molecule has 0 heterocycles. The molecule has 30 heavy (non-hydrogen) atoms. The number of hydrogen-bond acceptors (Lipinski definition) is 4. The summed E-state index contributed by atoms with van der Waals surface area (Å²) in [7, 11) is 0. The molecule has 1 aliphatic carbocycles. The van der Waals surface area contributed by atoms with Crippen LogP contribution in [-0.2, 0) is 14.4 Å². The summed E-state index contributed by atoms with van der Waals surface area (Å²) in [6, 6.07) is -0.873. The number of halogens is 4. The van der Waals surface area contributed by atoms with Gasteiger partial charge in [0, 0.05) is 6.04 Å². The molecular weight excluding hydrogens is 406 g/mol. The van der Waals surface area contributed by atoms with Crippen LogP contribution in [0.25, 0.3) is 0 Å². The van der Waals surface area contributed by atoms with Gasteiger partial charge in [0.05, 0.1) is 12.1 Å². The van der Waals surface area contributed by atoms with Crippen LogP contribution in [0.15, 0.2) is 24.3 Å². The van der Waals surface area contributed by atoms with E-state index < -0.39 is 47.7 Å². The lowest BCUT2D eigenvalue weighted by Gasteiger charge is -2.28. The van der Waals surface area contributed by atoms with Gasteiger partial charge in [-0.3, -0.25) is 19.7 Å². The van der Waals surface area contributed by atoms with Gasteiger partial charge in [0.15, 0.2) is 0 Å². The van der Waals surface area contributed by atoms with E-state index in [2.05, 4.69) is 16.0 Å². The van der Waals surface area contributed by atoms with Crippen LogP contribution in [0.4, 0.5) is 17.6 Å². The van der Waals surface area contributed by atoms with Crippen LogP contribution in [0.1, 0.15) is 51.1 Å². The lowest BCUT2D eigenvalue weighted by atomic mass is 10.0. The molecule has 0 saturated heterocycles. The fourth-order valence-electron chi connectivity index (χ4n) is 2.88. The number of amides is 2. The molecule has 0 bridgehead atoms. The van der Waals surface area contributed by atoms with Gasteiger partial charge in [0.25, 0.3) is 5.91 Å². The highest BCUT2D eigenvalue weighted by atomic mass is 19.4. The standard InChI is InChI=1S/C20H25F4N3O3/c1-3-14(16(28)19(30)25-13-9-10-13)27-18(29)15(4-2)26-17(20(22,23)24)11-5-7-12(21)8-6-11/h5-8,13-15,17,26H,3-4,9-10H2,1-2H3,(H,25,30)(H,27,29). The van der Waals surface area contributed by atoms with E-state index in [-0.39, 0.29) is 24.4 Å². The summed E-state index contributed by atoms with van der Waals surface area (Å²) in [6.07, 6.45) is -3.06. The van der Waals surface area contributed by atoms with Crippen molar-refractivity contribution in [3.05, 3.63) is 35.6 Å². The Morgan fingerprint density at radius 1 is 1.03 bits per heavy atom. The molecule has 0 aromatic heterocycles. The van der Waals surface area contributed by atoms with Gasteiger partial charge in [-0.05, 0) is 43.4 Å². The van der Waals surface area contributed by atoms with Gasteiger partial charge in [-0.1, -0.05) is 26.0 Å². The highest BCUT2D eigenvalue weighted by Crippen LogP contribution is 2.33. The molecule has 2 amide bonds. The molecule has 0 aliphatic heterocycles. The van der Waals surface area contributed by atoms with E-state index in [0.717, 1.165) is 37.1 Å². The molecule has 0 radical (unpaired) electrons. The average molecular weight is 431 g/mol. The third-order valence-corrected chi connectivity index (χ3v) is 4.80. The first kappa shape index (κ1) is 23.8. The van der Waals surface area contributed by atoms with Crippen LogP contribution in [0.5, 0.6) is 0 Å². The zero-order valence-corrected chi connectivity index (χ0v) is 16.7. The van der Waals surface area contributed by atoms with Crippen molar-refractivity contribution in [2.75, 3.05) is 0 Å². The molecule has 3 atom stereocenters. The van der Waals surface area contributed by atoms with E-state index in [1.165, 1.54) is 6.92 Å². The van der Waals surface area contributed by atoms with E-state index in [0.29, 0.717) is 0 Å². The molecule has 1 aromatic rings. The molecule has 1 aliphatic rings. The maximum Gasteiger partial charge on any atom is 0.407 e. The molecule has 0 spiro atoms. The Labute approximate surface area is 171 Å². The second-order valence-corrected chi connectivity index (χ2v) is 7.24. The molecular formula is C20H25F4N3O3. The fraction of sp³-hybridized carbons (Fsp3) is 0.550. The Morgan fingerprint density at radius 2 is 1.60 bits per heavy atom. The maximum atomic E-state index is 13.6. The SMILES string of the molecule is CCC(NC(c1ccc(F)cc1)C(F)(F)F)C(=O)NC(CC)C(=O)C(=O)NC1CC1. The molecule has 10 heteroatoms. The summed E-state index contributed by atoms with van der Waals surface area (Å²) in [5, 5.41) is 7.15. The van der Waals surface area contributed by atoms with E-state index in [1.54, 1.807) is 6.92 Å². The van der Waals surface area contributed by atoms with E-state index in [1.807, 2.05) is 0 Å². The number of rotatable bonds is 10. The van der Waals surface area contributed by atoms with Gasteiger partial charge in [-0.2, -0.15) is 13.2 Å². The quantitative estimate of drug-likeness (QED) is 0.393. The van der Waals surface area contributed by atoms with Gasteiger partial charge >= 0.3 is 6.18 Å². The van der Waals surface area contributed by atoms with Crippen molar-refractivity contribution in [3.8, 4) is 0 Å². The van der Waals surface area contributed by atoms with Crippen molar-refractivity contribution in [3.63, 3.8) is 0 Å². The number of benzene rings is 1. The number of Topliss-reactive ketones (excluding diaryl/α,β-unsaturated/α-hetero) is 1. The van der Waals surface area contributed by atoms with Gasteiger partial charge in [-0.25, -0.2) is 4.39 Å².